The van der Waals surface area contributed by atoms with Crippen molar-refractivity contribution in [1.29, 1.82) is 0 Å². The number of carbonyl (C=O) groups excluding carboxylic acids is 3. The number of amides is 3. The molecule has 2 aliphatic heterocycles. The third-order valence-electron chi connectivity index (χ3n) is 4.97. The van der Waals surface area contributed by atoms with Crippen molar-refractivity contribution in [3.63, 3.8) is 0 Å². The molecule has 2 saturated heterocycles. The third kappa shape index (κ3) is 2.88. The Labute approximate surface area is 141 Å². The van der Waals surface area contributed by atoms with Crippen LogP contribution in [0.15, 0.2) is 24.3 Å². The standard InChI is InChI=1S/C18H23N3O3/c1-11-6-4-5-7-16(11)18(24)20-10-15-8-14(19-13(3)22)9-21(15)17(23)12(20)2/h4-7,12,14-15H,8-10H2,1-3H3,(H,19,22). The SMILES string of the molecule is CC(=O)NC1CC2CN(C(=O)c3ccccc3C)C(C)C(=O)N2C1. The zero-order valence-corrected chi connectivity index (χ0v) is 14.3. The molecule has 1 aromatic rings. The summed E-state index contributed by atoms with van der Waals surface area (Å²) in [4.78, 5) is 40.3. The van der Waals surface area contributed by atoms with Gasteiger partial charge in [0.1, 0.15) is 6.04 Å². The number of benzene rings is 1. The van der Waals surface area contributed by atoms with Crippen LogP contribution in [0, 0.1) is 6.92 Å². The van der Waals surface area contributed by atoms with E-state index in [0.717, 1.165) is 5.56 Å². The summed E-state index contributed by atoms with van der Waals surface area (Å²) >= 11 is 0. The molecule has 3 rings (SSSR count). The summed E-state index contributed by atoms with van der Waals surface area (Å²) in [6, 6.07) is 6.90. The van der Waals surface area contributed by atoms with Gasteiger partial charge in [-0.05, 0) is 31.9 Å². The molecule has 1 aromatic carbocycles. The molecular weight excluding hydrogens is 306 g/mol. The Bertz CT molecular complexity index is 688. The van der Waals surface area contributed by atoms with Crippen LogP contribution in [0.25, 0.3) is 0 Å². The summed E-state index contributed by atoms with van der Waals surface area (Å²) in [5.74, 6) is -0.231. The molecular formula is C18H23N3O3. The van der Waals surface area contributed by atoms with Crippen molar-refractivity contribution < 1.29 is 14.4 Å². The molecule has 2 aliphatic rings. The summed E-state index contributed by atoms with van der Waals surface area (Å²) in [6.07, 6.45) is 0.690. The van der Waals surface area contributed by atoms with Crippen molar-refractivity contribution in [3.05, 3.63) is 35.4 Å². The van der Waals surface area contributed by atoms with Crippen LogP contribution in [0.2, 0.25) is 0 Å². The number of hydrogen-bond donors (Lipinski definition) is 1. The highest BCUT2D eigenvalue weighted by atomic mass is 16.2. The van der Waals surface area contributed by atoms with E-state index in [-0.39, 0.29) is 29.8 Å². The van der Waals surface area contributed by atoms with E-state index in [1.54, 1.807) is 17.9 Å². The van der Waals surface area contributed by atoms with Crippen molar-refractivity contribution in [3.8, 4) is 0 Å². The molecule has 0 radical (unpaired) electrons. The molecule has 3 unspecified atom stereocenters. The van der Waals surface area contributed by atoms with Gasteiger partial charge in [-0.1, -0.05) is 18.2 Å². The molecule has 0 spiro atoms. The molecule has 6 nitrogen and oxygen atoms in total. The quantitative estimate of drug-likeness (QED) is 0.878. The molecule has 0 saturated carbocycles. The molecule has 2 heterocycles. The number of carbonyl (C=O) groups is 3. The average molecular weight is 329 g/mol. The van der Waals surface area contributed by atoms with E-state index >= 15 is 0 Å². The van der Waals surface area contributed by atoms with Gasteiger partial charge >= 0.3 is 0 Å². The fraction of sp³-hybridized carbons (Fsp3) is 0.500. The van der Waals surface area contributed by atoms with Crippen LogP contribution in [0.4, 0.5) is 0 Å². The normalized spacial score (nSPS) is 26.3. The second-order valence-electron chi connectivity index (χ2n) is 6.73. The van der Waals surface area contributed by atoms with Gasteiger partial charge in [0, 0.05) is 31.6 Å². The first kappa shape index (κ1) is 16.5. The largest absolute Gasteiger partial charge is 0.352 e. The fourth-order valence-corrected chi connectivity index (χ4v) is 3.74. The lowest BCUT2D eigenvalue weighted by molar-refractivity contribution is -0.141. The van der Waals surface area contributed by atoms with E-state index in [9.17, 15) is 14.4 Å². The van der Waals surface area contributed by atoms with Crippen LogP contribution in [0.5, 0.6) is 0 Å². The van der Waals surface area contributed by atoms with Crippen LogP contribution in [-0.2, 0) is 9.59 Å². The molecule has 1 N–H and O–H groups in total. The minimum Gasteiger partial charge on any atom is -0.352 e. The van der Waals surface area contributed by atoms with Crippen molar-refractivity contribution in [2.24, 2.45) is 0 Å². The predicted octanol–water partition coefficient (Wildman–Crippen LogP) is 0.945. The van der Waals surface area contributed by atoms with E-state index in [0.29, 0.717) is 25.1 Å². The molecule has 3 atom stereocenters. The summed E-state index contributed by atoms with van der Waals surface area (Å²) in [6.45, 7) is 6.20. The number of nitrogens with zero attached hydrogens (tertiary/aromatic N) is 2. The lowest BCUT2D eigenvalue weighted by Gasteiger charge is -2.41. The van der Waals surface area contributed by atoms with Crippen molar-refractivity contribution >= 4 is 17.7 Å². The predicted molar refractivity (Wildman–Crippen MR) is 89.4 cm³/mol. The van der Waals surface area contributed by atoms with Gasteiger partial charge in [0.25, 0.3) is 5.91 Å². The van der Waals surface area contributed by atoms with E-state index in [1.165, 1.54) is 6.92 Å². The van der Waals surface area contributed by atoms with Crippen LogP contribution in [0.3, 0.4) is 0 Å². The molecule has 6 heteroatoms. The van der Waals surface area contributed by atoms with Gasteiger partial charge < -0.3 is 15.1 Å². The highest BCUT2D eigenvalue weighted by Crippen LogP contribution is 2.27. The summed E-state index contributed by atoms with van der Waals surface area (Å²) in [5, 5.41) is 2.88. The van der Waals surface area contributed by atoms with Gasteiger partial charge in [-0.3, -0.25) is 14.4 Å². The maximum Gasteiger partial charge on any atom is 0.254 e. The molecule has 0 bridgehead atoms. The maximum atomic E-state index is 12.9. The summed E-state index contributed by atoms with van der Waals surface area (Å²) in [7, 11) is 0. The van der Waals surface area contributed by atoms with Gasteiger partial charge in [-0.25, -0.2) is 0 Å². The van der Waals surface area contributed by atoms with Gasteiger partial charge in [-0.2, -0.15) is 0 Å². The number of aryl methyl sites for hydroxylation is 1. The van der Waals surface area contributed by atoms with Crippen molar-refractivity contribution in [2.75, 3.05) is 13.1 Å². The Morgan fingerprint density at radius 3 is 2.58 bits per heavy atom. The molecule has 128 valence electrons. The number of piperazine rings is 1. The Morgan fingerprint density at radius 1 is 1.21 bits per heavy atom. The first-order valence-corrected chi connectivity index (χ1v) is 8.32. The number of rotatable bonds is 2. The van der Waals surface area contributed by atoms with E-state index in [1.807, 2.05) is 30.0 Å². The highest BCUT2D eigenvalue weighted by Gasteiger charge is 2.45. The van der Waals surface area contributed by atoms with E-state index in [4.69, 9.17) is 0 Å². The van der Waals surface area contributed by atoms with Crippen LogP contribution >= 0.6 is 0 Å². The number of hydrogen-bond acceptors (Lipinski definition) is 3. The van der Waals surface area contributed by atoms with Gasteiger partial charge in [0.15, 0.2) is 0 Å². The third-order valence-corrected chi connectivity index (χ3v) is 4.97. The Morgan fingerprint density at radius 2 is 1.92 bits per heavy atom. The second kappa shape index (κ2) is 6.26. The van der Waals surface area contributed by atoms with Crippen LogP contribution in [-0.4, -0.2) is 58.7 Å². The van der Waals surface area contributed by atoms with Gasteiger partial charge in [0.2, 0.25) is 11.8 Å². The van der Waals surface area contributed by atoms with Crippen LogP contribution < -0.4 is 5.32 Å². The minimum atomic E-state index is -0.482. The molecule has 2 fully saturated rings. The zero-order chi connectivity index (χ0) is 17.4. The second-order valence-corrected chi connectivity index (χ2v) is 6.73. The van der Waals surface area contributed by atoms with Gasteiger partial charge in [-0.15, -0.1) is 0 Å². The van der Waals surface area contributed by atoms with Crippen LogP contribution in [0.1, 0.15) is 36.2 Å². The topological polar surface area (TPSA) is 69.7 Å². The monoisotopic (exact) mass is 329 g/mol. The minimum absolute atomic E-state index is 0.0291. The number of fused-ring (bicyclic) bond motifs is 1. The van der Waals surface area contributed by atoms with Crippen molar-refractivity contribution in [2.45, 2.75) is 45.3 Å². The first-order chi connectivity index (χ1) is 11.4. The Hall–Kier alpha value is -2.37. The van der Waals surface area contributed by atoms with E-state index in [2.05, 4.69) is 5.32 Å². The molecule has 24 heavy (non-hydrogen) atoms. The summed E-state index contributed by atoms with van der Waals surface area (Å²) < 4.78 is 0. The summed E-state index contributed by atoms with van der Waals surface area (Å²) in [5.41, 5.74) is 1.55. The zero-order valence-electron chi connectivity index (χ0n) is 14.3. The molecule has 3 amide bonds. The lowest BCUT2D eigenvalue weighted by atomic mass is 10.0. The van der Waals surface area contributed by atoms with Crippen molar-refractivity contribution in [1.82, 2.24) is 15.1 Å². The first-order valence-electron chi connectivity index (χ1n) is 8.32. The average Bonchev–Trinajstić information content (AvgIpc) is 2.92. The molecule has 0 aromatic heterocycles. The lowest BCUT2D eigenvalue weighted by Crippen LogP contribution is -2.60. The number of nitrogens with one attached hydrogen (secondary N) is 1. The Kier molecular flexibility index (Phi) is 4.30. The molecule has 0 aliphatic carbocycles. The van der Waals surface area contributed by atoms with E-state index < -0.39 is 6.04 Å². The fourth-order valence-electron chi connectivity index (χ4n) is 3.74. The highest BCUT2D eigenvalue weighted by molar-refractivity contribution is 5.99. The smallest absolute Gasteiger partial charge is 0.254 e. The maximum absolute atomic E-state index is 12.9. The van der Waals surface area contributed by atoms with Gasteiger partial charge in [0.05, 0.1) is 6.04 Å². The Balaban J connectivity index is 1.80.